The van der Waals surface area contributed by atoms with E-state index in [9.17, 15) is 24.9 Å². The summed E-state index contributed by atoms with van der Waals surface area (Å²) in [6, 6.07) is 14.6. The fourth-order valence-electron chi connectivity index (χ4n) is 4.36. The zero-order chi connectivity index (χ0) is 25.3. The van der Waals surface area contributed by atoms with E-state index in [1.165, 1.54) is 25.3 Å². The van der Waals surface area contributed by atoms with Crippen molar-refractivity contribution in [1.29, 1.82) is 0 Å². The molecule has 0 saturated carbocycles. The number of hydrogen-bond donors (Lipinski definition) is 3. The summed E-state index contributed by atoms with van der Waals surface area (Å²) in [5.74, 6) is -2.51. The van der Waals surface area contributed by atoms with Crippen molar-refractivity contribution in [2.75, 3.05) is 7.11 Å². The van der Waals surface area contributed by atoms with Crippen LogP contribution in [0.4, 0.5) is 0 Å². The topological polar surface area (TPSA) is 113 Å². The first kappa shape index (κ1) is 23.9. The Morgan fingerprint density at radius 3 is 2.40 bits per heavy atom. The SMILES string of the molecule is COC(=O)c1ccc(O)c(C(C=C(C)C)c2c(O)cc(O)c3c2OC(c2ccccc2)CC3=O)c1. The molecule has 0 aromatic heterocycles. The Morgan fingerprint density at radius 1 is 1.03 bits per heavy atom. The number of ketones is 1. The van der Waals surface area contributed by atoms with E-state index in [2.05, 4.69) is 0 Å². The minimum Gasteiger partial charge on any atom is -0.508 e. The molecule has 0 amide bonds. The number of rotatable bonds is 5. The van der Waals surface area contributed by atoms with Crippen molar-refractivity contribution in [2.45, 2.75) is 32.3 Å². The molecule has 0 radical (unpaired) electrons. The van der Waals surface area contributed by atoms with E-state index in [0.29, 0.717) is 5.56 Å². The van der Waals surface area contributed by atoms with Crippen molar-refractivity contribution in [3.8, 4) is 23.0 Å². The molecule has 2 unspecified atom stereocenters. The number of carbonyl (C=O) groups excluding carboxylic acids is 2. The summed E-state index contributed by atoms with van der Waals surface area (Å²) in [7, 11) is 1.26. The number of methoxy groups -OCH3 is 1. The molecule has 0 spiro atoms. The minimum atomic E-state index is -0.804. The number of phenolic OH excluding ortho intramolecular Hbond substituents is 3. The summed E-state index contributed by atoms with van der Waals surface area (Å²) in [4.78, 5) is 25.3. The third-order valence-electron chi connectivity index (χ3n) is 5.95. The van der Waals surface area contributed by atoms with Gasteiger partial charge in [-0.25, -0.2) is 4.79 Å². The lowest BCUT2D eigenvalue weighted by molar-refractivity contribution is 0.0600. The second kappa shape index (κ2) is 9.54. The normalized spacial score (nSPS) is 15.5. The van der Waals surface area contributed by atoms with Crippen molar-refractivity contribution in [3.63, 3.8) is 0 Å². The maximum Gasteiger partial charge on any atom is 0.337 e. The average molecular weight is 475 g/mol. The molecule has 3 aromatic carbocycles. The van der Waals surface area contributed by atoms with Crippen LogP contribution in [0.5, 0.6) is 23.0 Å². The number of carbonyl (C=O) groups is 2. The molecule has 7 heteroatoms. The maximum absolute atomic E-state index is 13.1. The van der Waals surface area contributed by atoms with Gasteiger partial charge in [0, 0.05) is 23.1 Å². The lowest BCUT2D eigenvalue weighted by Crippen LogP contribution is -2.22. The molecule has 7 nitrogen and oxygen atoms in total. The molecule has 3 aromatic rings. The molecule has 0 saturated heterocycles. The van der Waals surface area contributed by atoms with Gasteiger partial charge in [-0.1, -0.05) is 42.0 Å². The number of phenols is 3. The van der Waals surface area contributed by atoms with Gasteiger partial charge in [0.25, 0.3) is 0 Å². The number of allylic oxidation sites excluding steroid dienone is 2. The third kappa shape index (κ3) is 4.57. The molecule has 0 bridgehead atoms. The molecule has 0 aliphatic carbocycles. The van der Waals surface area contributed by atoms with Crippen LogP contribution in [-0.2, 0) is 4.74 Å². The van der Waals surface area contributed by atoms with E-state index in [0.717, 1.165) is 17.2 Å². The van der Waals surface area contributed by atoms with E-state index in [4.69, 9.17) is 9.47 Å². The number of benzene rings is 3. The number of esters is 1. The van der Waals surface area contributed by atoms with Crippen molar-refractivity contribution in [1.82, 2.24) is 0 Å². The molecule has 1 heterocycles. The monoisotopic (exact) mass is 474 g/mol. The van der Waals surface area contributed by atoms with Crippen LogP contribution in [0.1, 0.15) is 69.7 Å². The van der Waals surface area contributed by atoms with Crippen LogP contribution in [0.15, 0.2) is 66.2 Å². The standard InChI is InChI=1S/C28H26O7/c1-15(2)11-19(18-12-17(28(33)34-3)9-10-20(18)29)25-21(30)13-22(31)26-23(32)14-24(35-27(25)26)16-7-5-4-6-8-16/h4-13,19,24,29-31H,14H2,1-3H3. The van der Waals surface area contributed by atoms with Crippen molar-refractivity contribution < 1.29 is 34.4 Å². The molecular weight excluding hydrogens is 448 g/mol. The molecule has 35 heavy (non-hydrogen) atoms. The number of ether oxygens (including phenoxy) is 2. The Morgan fingerprint density at radius 2 is 1.74 bits per heavy atom. The van der Waals surface area contributed by atoms with E-state index in [1.54, 1.807) is 6.08 Å². The van der Waals surface area contributed by atoms with E-state index >= 15 is 0 Å². The second-order valence-corrected chi connectivity index (χ2v) is 8.66. The predicted octanol–water partition coefficient (Wildman–Crippen LogP) is 5.39. The van der Waals surface area contributed by atoms with E-state index in [1.807, 2.05) is 44.2 Å². The largest absolute Gasteiger partial charge is 0.508 e. The van der Waals surface area contributed by atoms with Crippen LogP contribution >= 0.6 is 0 Å². The van der Waals surface area contributed by atoms with Gasteiger partial charge in [-0.05, 0) is 37.6 Å². The Bertz CT molecular complexity index is 1320. The summed E-state index contributed by atoms with van der Waals surface area (Å²) in [6.45, 7) is 3.69. The van der Waals surface area contributed by atoms with Crippen LogP contribution in [0.2, 0.25) is 0 Å². The zero-order valence-electron chi connectivity index (χ0n) is 19.6. The first-order valence-electron chi connectivity index (χ1n) is 11.1. The summed E-state index contributed by atoms with van der Waals surface area (Å²) in [6.07, 6.45) is 1.17. The first-order valence-corrected chi connectivity index (χ1v) is 11.1. The smallest absolute Gasteiger partial charge is 0.337 e. The summed E-state index contributed by atoms with van der Waals surface area (Å²) < 4.78 is 11.1. The third-order valence-corrected chi connectivity index (χ3v) is 5.95. The van der Waals surface area contributed by atoms with Gasteiger partial charge in [0.1, 0.15) is 34.7 Å². The van der Waals surface area contributed by atoms with Crippen molar-refractivity contribution in [2.24, 2.45) is 0 Å². The molecule has 4 rings (SSSR count). The summed E-state index contributed by atoms with van der Waals surface area (Å²) in [5.41, 5.74) is 2.30. The first-order chi connectivity index (χ1) is 16.7. The fourth-order valence-corrected chi connectivity index (χ4v) is 4.36. The van der Waals surface area contributed by atoms with Crippen LogP contribution in [-0.4, -0.2) is 34.2 Å². The van der Waals surface area contributed by atoms with Crippen molar-refractivity contribution >= 4 is 11.8 Å². The summed E-state index contributed by atoms with van der Waals surface area (Å²) >= 11 is 0. The van der Waals surface area contributed by atoms with E-state index < -0.39 is 18.0 Å². The quantitative estimate of drug-likeness (QED) is 0.335. The highest BCUT2D eigenvalue weighted by Crippen LogP contribution is 2.50. The zero-order valence-corrected chi connectivity index (χ0v) is 19.6. The molecule has 2 atom stereocenters. The molecule has 180 valence electrons. The van der Waals surface area contributed by atoms with Crippen molar-refractivity contribution in [3.05, 3.63) is 94.1 Å². The van der Waals surface area contributed by atoms with Gasteiger partial charge < -0.3 is 24.8 Å². The molecule has 3 N–H and O–H groups in total. The summed E-state index contributed by atoms with van der Waals surface area (Å²) in [5, 5.41) is 32.3. The maximum atomic E-state index is 13.1. The van der Waals surface area contributed by atoms with Crippen LogP contribution in [0, 0.1) is 0 Å². The van der Waals surface area contributed by atoms with Gasteiger partial charge in [0.15, 0.2) is 5.78 Å². The molecule has 1 aliphatic heterocycles. The fraction of sp³-hybridized carbons (Fsp3) is 0.214. The Kier molecular flexibility index (Phi) is 6.51. The van der Waals surface area contributed by atoms with Gasteiger partial charge in [0.05, 0.1) is 19.1 Å². The lowest BCUT2D eigenvalue weighted by atomic mass is 9.83. The number of aromatic hydroxyl groups is 3. The van der Waals surface area contributed by atoms with Crippen LogP contribution < -0.4 is 4.74 Å². The van der Waals surface area contributed by atoms with Crippen LogP contribution in [0.25, 0.3) is 0 Å². The molecule has 0 fully saturated rings. The Balaban J connectivity index is 1.96. The number of fused-ring (bicyclic) bond motifs is 1. The van der Waals surface area contributed by atoms with Gasteiger partial charge in [-0.2, -0.15) is 0 Å². The minimum absolute atomic E-state index is 0.0190. The average Bonchev–Trinajstić information content (AvgIpc) is 2.83. The van der Waals surface area contributed by atoms with Gasteiger partial charge in [0.2, 0.25) is 0 Å². The van der Waals surface area contributed by atoms with Gasteiger partial charge in [-0.15, -0.1) is 0 Å². The molecule has 1 aliphatic rings. The Hall–Kier alpha value is -4.26. The van der Waals surface area contributed by atoms with Crippen LogP contribution in [0.3, 0.4) is 0 Å². The number of hydrogen-bond acceptors (Lipinski definition) is 7. The van der Waals surface area contributed by atoms with E-state index in [-0.39, 0.29) is 51.9 Å². The highest BCUT2D eigenvalue weighted by Gasteiger charge is 2.36. The van der Waals surface area contributed by atoms with Gasteiger partial charge in [-0.3, -0.25) is 4.79 Å². The highest BCUT2D eigenvalue weighted by molar-refractivity contribution is 6.03. The highest BCUT2D eigenvalue weighted by atomic mass is 16.5. The predicted molar refractivity (Wildman–Crippen MR) is 129 cm³/mol. The Labute approximate surface area is 202 Å². The second-order valence-electron chi connectivity index (χ2n) is 8.66. The molecular formula is C28H26O7. The van der Waals surface area contributed by atoms with Gasteiger partial charge >= 0.3 is 5.97 Å². The number of Topliss-reactive ketones (excluding diaryl/α,β-unsaturated/α-hetero) is 1. The lowest BCUT2D eigenvalue weighted by Gasteiger charge is -2.30.